The number of hydrogen-bond acceptors (Lipinski definition) is 3. The van der Waals surface area contributed by atoms with E-state index in [1.807, 2.05) is 33.8 Å². The van der Waals surface area contributed by atoms with E-state index in [0.717, 1.165) is 12.1 Å². The van der Waals surface area contributed by atoms with Crippen LogP contribution in [0.15, 0.2) is 10.9 Å². The minimum absolute atomic E-state index is 0.158. The van der Waals surface area contributed by atoms with Gasteiger partial charge in [-0.15, -0.1) is 0 Å². The highest BCUT2D eigenvalue weighted by Crippen LogP contribution is 2.19. The smallest absolute Gasteiger partial charge is 0.266 e. The van der Waals surface area contributed by atoms with Gasteiger partial charge in [-0.3, -0.25) is 4.79 Å². The highest BCUT2D eigenvalue weighted by Gasteiger charge is 2.19. The van der Waals surface area contributed by atoms with E-state index in [1.165, 1.54) is 4.68 Å². The van der Waals surface area contributed by atoms with Crippen LogP contribution in [0.3, 0.4) is 0 Å². The van der Waals surface area contributed by atoms with Gasteiger partial charge in [-0.25, -0.2) is 4.68 Å². The van der Waals surface area contributed by atoms with Crippen LogP contribution in [0.2, 0.25) is 0 Å². The fourth-order valence-corrected chi connectivity index (χ4v) is 1.35. The molecule has 0 N–H and O–H groups in total. The summed E-state index contributed by atoms with van der Waals surface area (Å²) < 4.78 is 1.39. The third kappa shape index (κ3) is 2.48. The highest BCUT2D eigenvalue weighted by molar-refractivity contribution is 5.29. The van der Waals surface area contributed by atoms with Gasteiger partial charge < -0.3 is 0 Å². The minimum Gasteiger partial charge on any atom is -0.266 e. The summed E-state index contributed by atoms with van der Waals surface area (Å²) in [5, 5.41) is 13.2. The van der Waals surface area contributed by atoms with Gasteiger partial charge in [0.2, 0.25) is 0 Å². The Morgan fingerprint density at radius 1 is 1.50 bits per heavy atom. The summed E-state index contributed by atoms with van der Waals surface area (Å²) >= 11 is 0. The zero-order valence-electron chi connectivity index (χ0n) is 10.2. The van der Waals surface area contributed by atoms with E-state index in [-0.39, 0.29) is 16.5 Å². The molecule has 0 amide bonds. The summed E-state index contributed by atoms with van der Waals surface area (Å²) in [7, 11) is 0. The first-order valence-electron chi connectivity index (χ1n) is 5.43. The second-order valence-corrected chi connectivity index (χ2v) is 4.83. The molecule has 0 atom stereocenters. The molecule has 0 aromatic carbocycles. The van der Waals surface area contributed by atoms with E-state index < -0.39 is 0 Å². The highest BCUT2D eigenvalue weighted by atomic mass is 16.1. The maximum absolute atomic E-state index is 11.7. The van der Waals surface area contributed by atoms with Crippen molar-refractivity contribution >= 4 is 0 Å². The van der Waals surface area contributed by atoms with Crippen LogP contribution in [-0.4, -0.2) is 9.78 Å². The van der Waals surface area contributed by atoms with Gasteiger partial charge in [0.05, 0.1) is 5.69 Å². The lowest BCUT2D eigenvalue weighted by Crippen LogP contribution is -2.29. The van der Waals surface area contributed by atoms with Gasteiger partial charge >= 0.3 is 0 Å². The maximum Gasteiger partial charge on any atom is 0.284 e. The molecule has 0 fully saturated rings. The van der Waals surface area contributed by atoms with Crippen LogP contribution >= 0.6 is 0 Å². The molecule has 4 heteroatoms. The Hall–Kier alpha value is -1.63. The number of nitriles is 1. The van der Waals surface area contributed by atoms with Gasteiger partial charge in [-0.05, 0) is 12.5 Å². The molecule has 1 heterocycles. The summed E-state index contributed by atoms with van der Waals surface area (Å²) in [6, 6.07) is 3.52. The zero-order chi connectivity index (χ0) is 12.3. The summed E-state index contributed by atoms with van der Waals surface area (Å²) in [6.07, 6.45) is 0.825. The molecule has 0 spiro atoms. The molecule has 1 rings (SSSR count). The van der Waals surface area contributed by atoms with Crippen LogP contribution in [0.4, 0.5) is 0 Å². The van der Waals surface area contributed by atoms with Gasteiger partial charge in [-0.1, -0.05) is 27.7 Å². The zero-order valence-corrected chi connectivity index (χ0v) is 10.2. The van der Waals surface area contributed by atoms with Crippen molar-refractivity contribution in [3.63, 3.8) is 0 Å². The van der Waals surface area contributed by atoms with Gasteiger partial charge in [0.25, 0.3) is 5.56 Å². The van der Waals surface area contributed by atoms with Gasteiger partial charge in [0.15, 0.2) is 0 Å². The van der Waals surface area contributed by atoms with Crippen molar-refractivity contribution in [3.05, 3.63) is 27.7 Å². The number of aromatic nitrogens is 2. The molecule has 0 aliphatic heterocycles. The van der Waals surface area contributed by atoms with E-state index in [9.17, 15) is 4.79 Å². The SMILES string of the molecule is CCCn1nc(C(C)(C)C)cc(C#N)c1=O. The third-order valence-corrected chi connectivity index (χ3v) is 2.30. The molecular formula is C12H17N3O. The Morgan fingerprint density at radius 3 is 2.56 bits per heavy atom. The predicted molar refractivity (Wildman–Crippen MR) is 62.2 cm³/mol. The van der Waals surface area contributed by atoms with E-state index in [2.05, 4.69) is 5.10 Å². The molecule has 0 saturated heterocycles. The monoisotopic (exact) mass is 219 g/mol. The fourth-order valence-electron chi connectivity index (χ4n) is 1.35. The molecule has 0 aliphatic rings. The predicted octanol–water partition coefficient (Wildman–Crippen LogP) is 1.82. The van der Waals surface area contributed by atoms with Gasteiger partial charge in [0, 0.05) is 12.0 Å². The molecule has 0 bridgehead atoms. The van der Waals surface area contributed by atoms with E-state index >= 15 is 0 Å². The van der Waals surface area contributed by atoms with Crippen molar-refractivity contribution in [3.8, 4) is 6.07 Å². The fraction of sp³-hybridized carbons (Fsp3) is 0.583. The Morgan fingerprint density at radius 2 is 2.12 bits per heavy atom. The molecule has 0 unspecified atom stereocenters. The molecule has 0 aliphatic carbocycles. The van der Waals surface area contributed by atoms with Crippen molar-refractivity contribution in [2.24, 2.45) is 0 Å². The normalized spacial score (nSPS) is 11.2. The molecule has 86 valence electrons. The number of aryl methyl sites for hydroxylation is 1. The number of rotatable bonds is 2. The van der Waals surface area contributed by atoms with E-state index in [1.54, 1.807) is 6.07 Å². The van der Waals surface area contributed by atoms with Crippen molar-refractivity contribution in [2.75, 3.05) is 0 Å². The number of nitrogens with zero attached hydrogens (tertiary/aromatic N) is 3. The largest absolute Gasteiger partial charge is 0.284 e. The second-order valence-electron chi connectivity index (χ2n) is 4.83. The standard InChI is InChI=1S/C12H17N3O/c1-5-6-15-11(16)9(8-13)7-10(14-15)12(2,3)4/h7H,5-6H2,1-4H3. The minimum atomic E-state index is -0.294. The summed E-state index contributed by atoms with van der Waals surface area (Å²) in [6.45, 7) is 8.56. The summed E-state index contributed by atoms with van der Waals surface area (Å²) in [5.74, 6) is 0. The Bertz CT molecular complexity index is 475. The van der Waals surface area contributed by atoms with Crippen LogP contribution in [0.25, 0.3) is 0 Å². The van der Waals surface area contributed by atoms with Crippen LogP contribution < -0.4 is 5.56 Å². The molecule has 0 saturated carbocycles. The van der Waals surface area contributed by atoms with Crippen LogP contribution in [-0.2, 0) is 12.0 Å². The Balaban J connectivity index is 3.42. The lowest BCUT2D eigenvalue weighted by atomic mass is 9.91. The van der Waals surface area contributed by atoms with Crippen molar-refractivity contribution < 1.29 is 0 Å². The van der Waals surface area contributed by atoms with Crippen molar-refractivity contribution in [2.45, 2.75) is 46.1 Å². The first kappa shape index (κ1) is 12.4. The molecular weight excluding hydrogens is 202 g/mol. The molecule has 1 aromatic rings. The van der Waals surface area contributed by atoms with E-state index in [4.69, 9.17) is 5.26 Å². The first-order valence-corrected chi connectivity index (χ1v) is 5.43. The Kier molecular flexibility index (Phi) is 3.48. The van der Waals surface area contributed by atoms with Crippen molar-refractivity contribution in [1.82, 2.24) is 9.78 Å². The quantitative estimate of drug-likeness (QED) is 0.762. The van der Waals surface area contributed by atoms with E-state index in [0.29, 0.717) is 6.54 Å². The molecule has 16 heavy (non-hydrogen) atoms. The van der Waals surface area contributed by atoms with Crippen molar-refractivity contribution in [1.29, 1.82) is 5.26 Å². The average molecular weight is 219 g/mol. The first-order chi connectivity index (χ1) is 7.40. The summed E-state index contributed by atoms with van der Waals surface area (Å²) in [5.41, 5.74) is 0.497. The third-order valence-electron chi connectivity index (χ3n) is 2.30. The number of hydrogen-bond donors (Lipinski definition) is 0. The topological polar surface area (TPSA) is 58.7 Å². The lowest BCUT2D eigenvalue weighted by Gasteiger charge is -2.18. The van der Waals surface area contributed by atoms with Gasteiger partial charge in [0.1, 0.15) is 11.6 Å². The van der Waals surface area contributed by atoms with Gasteiger partial charge in [-0.2, -0.15) is 10.4 Å². The average Bonchev–Trinajstić information content (AvgIpc) is 2.19. The second kappa shape index (κ2) is 4.48. The van der Waals surface area contributed by atoms with Crippen LogP contribution in [0.5, 0.6) is 0 Å². The maximum atomic E-state index is 11.7. The van der Waals surface area contributed by atoms with Crippen LogP contribution in [0, 0.1) is 11.3 Å². The lowest BCUT2D eigenvalue weighted by molar-refractivity contribution is 0.495. The van der Waals surface area contributed by atoms with Crippen LogP contribution in [0.1, 0.15) is 45.4 Å². The molecule has 1 aromatic heterocycles. The molecule has 0 radical (unpaired) electrons. The molecule has 4 nitrogen and oxygen atoms in total. The Labute approximate surface area is 95.5 Å². The summed E-state index contributed by atoms with van der Waals surface area (Å²) in [4.78, 5) is 11.7.